The van der Waals surface area contributed by atoms with Gasteiger partial charge in [0.1, 0.15) is 0 Å². The third kappa shape index (κ3) is 4.34. The summed E-state index contributed by atoms with van der Waals surface area (Å²) in [5.41, 5.74) is 4.10. The number of nitrogens with zero attached hydrogens (tertiary/aromatic N) is 3. The van der Waals surface area contributed by atoms with Crippen LogP contribution < -0.4 is 4.90 Å². The Morgan fingerprint density at radius 1 is 1.15 bits per heavy atom. The number of benzene rings is 2. The summed E-state index contributed by atoms with van der Waals surface area (Å²) in [5, 5.41) is 0.764. The standard InChI is InChI=1S/C21H25N3OS2/c1-14-9-10-18-19(15(14)2)22-21(27-18)24(12-11-23(3)4)20(25)16-7-6-8-17(13-16)26-5/h6-10,13H,11-12H2,1-5H3. The first kappa shape index (κ1) is 19.9. The summed E-state index contributed by atoms with van der Waals surface area (Å²) in [6.07, 6.45) is 2.02. The predicted octanol–water partition coefficient (Wildman–Crippen LogP) is 4.84. The van der Waals surface area contributed by atoms with Crippen molar-refractivity contribution in [3.63, 3.8) is 0 Å². The van der Waals surface area contributed by atoms with E-state index in [-0.39, 0.29) is 5.91 Å². The van der Waals surface area contributed by atoms with Gasteiger partial charge in [-0.25, -0.2) is 4.98 Å². The van der Waals surface area contributed by atoms with Crippen molar-refractivity contribution in [1.29, 1.82) is 0 Å². The fraction of sp³-hybridized carbons (Fsp3) is 0.333. The Hall–Kier alpha value is -1.89. The third-order valence-corrected chi connectivity index (χ3v) is 6.41. The normalized spacial score (nSPS) is 11.3. The molecule has 0 spiro atoms. The largest absolute Gasteiger partial charge is 0.308 e. The molecule has 0 radical (unpaired) electrons. The zero-order valence-corrected chi connectivity index (χ0v) is 18.1. The second kappa shape index (κ2) is 8.42. The molecule has 3 aromatic rings. The van der Waals surface area contributed by atoms with Crippen LogP contribution in [0.5, 0.6) is 0 Å². The number of aryl methyl sites for hydroxylation is 2. The van der Waals surface area contributed by atoms with Crippen LogP contribution in [0.3, 0.4) is 0 Å². The van der Waals surface area contributed by atoms with Crippen LogP contribution in [0.2, 0.25) is 0 Å². The average Bonchev–Trinajstić information content (AvgIpc) is 3.09. The van der Waals surface area contributed by atoms with Gasteiger partial charge in [-0.2, -0.15) is 0 Å². The lowest BCUT2D eigenvalue weighted by Gasteiger charge is -2.22. The molecule has 0 saturated heterocycles. The number of hydrogen-bond donors (Lipinski definition) is 0. The summed E-state index contributed by atoms with van der Waals surface area (Å²) < 4.78 is 1.12. The molecule has 1 heterocycles. The highest BCUT2D eigenvalue weighted by atomic mass is 32.2. The van der Waals surface area contributed by atoms with E-state index in [1.165, 1.54) is 11.1 Å². The highest BCUT2D eigenvalue weighted by Gasteiger charge is 2.22. The van der Waals surface area contributed by atoms with Crippen molar-refractivity contribution in [1.82, 2.24) is 9.88 Å². The van der Waals surface area contributed by atoms with E-state index in [0.29, 0.717) is 12.1 Å². The Kier molecular flexibility index (Phi) is 6.19. The third-order valence-electron chi connectivity index (χ3n) is 4.64. The summed E-state index contributed by atoms with van der Waals surface area (Å²) in [4.78, 5) is 23.2. The van der Waals surface area contributed by atoms with Crippen LogP contribution in [0.4, 0.5) is 5.13 Å². The Morgan fingerprint density at radius 3 is 2.63 bits per heavy atom. The minimum Gasteiger partial charge on any atom is -0.308 e. The molecule has 1 aromatic heterocycles. The molecule has 0 aliphatic rings. The van der Waals surface area contributed by atoms with Gasteiger partial charge in [0, 0.05) is 23.5 Å². The first-order valence-corrected chi connectivity index (χ1v) is 10.9. The molecule has 3 rings (SSSR count). The van der Waals surface area contributed by atoms with Gasteiger partial charge in [0.15, 0.2) is 5.13 Å². The lowest BCUT2D eigenvalue weighted by atomic mass is 10.1. The van der Waals surface area contributed by atoms with Gasteiger partial charge in [0.2, 0.25) is 0 Å². The van der Waals surface area contributed by atoms with Crippen LogP contribution in [0.25, 0.3) is 10.2 Å². The van der Waals surface area contributed by atoms with Gasteiger partial charge >= 0.3 is 0 Å². The van der Waals surface area contributed by atoms with Gasteiger partial charge in [-0.15, -0.1) is 11.8 Å². The Bertz CT molecular complexity index is 965. The summed E-state index contributed by atoms with van der Waals surface area (Å²) in [6, 6.07) is 12.0. The number of thioether (sulfide) groups is 1. The number of aromatic nitrogens is 1. The molecule has 2 aromatic carbocycles. The topological polar surface area (TPSA) is 36.4 Å². The monoisotopic (exact) mass is 399 g/mol. The van der Waals surface area contributed by atoms with E-state index in [1.54, 1.807) is 23.1 Å². The minimum absolute atomic E-state index is 0.00109. The van der Waals surface area contributed by atoms with Gasteiger partial charge in [-0.05, 0) is 69.6 Å². The summed E-state index contributed by atoms with van der Waals surface area (Å²) in [6.45, 7) is 5.57. The predicted molar refractivity (Wildman–Crippen MR) is 118 cm³/mol. The van der Waals surface area contributed by atoms with Crippen molar-refractivity contribution in [2.24, 2.45) is 0 Å². The number of anilines is 1. The van der Waals surface area contributed by atoms with E-state index < -0.39 is 0 Å². The number of amides is 1. The molecule has 0 N–H and O–H groups in total. The maximum Gasteiger partial charge on any atom is 0.260 e. The van der Waals surface area contributed by atoms with E-state index in [4.69, 9.17) is 4.98 Å². The fourth-order valence-electron chi connectivity index (χ4n) is 2.83. The Morgan fingerprint density at radius 2 is 1.93 bits per heavy atom. The molecular weight excluding hydrogens is 374 g/mol. The van der Waals surface area contributed by atoms with Gasteiger partial charge in [-0.1, -0.05) is 23.5 Å². The number of thiazole rings is 1. The van der Waals surface area contributed by atoms with Crippen molar-refractivity contribution in [2.45, 2.75) is 18.7 Å². The van der Waals surface area contributed by atoms with Crippen molar-refractivity contribution in [2.75, 3.05) is 38.3 Å². The van der Waals surface area contributed by atoms with Crippen LogP contribution in [-0.2, 0) is 0 Å². The molecule has 6 heteroatoms. The van der Waals surface area contributed by atoms with E-state index in [1.807, 2.05) is 49.5 Å². The molecule has 0 saturated carbocycles. The second-order valence-corrected chi connectivity index (χ2v) is 8.73. The summed E-state index contributed by atoms with van der Waals surface area (Å²) in [5.74, 6) is 0.00109. The molecule has 142 valence electrons. The quantitative estimate of drug-likeness (QED) is 0.556. The Labute approximate surface area is 169 Å². The maximum atomic E-state index is 13.3. The zero-order valence-electron chi connectivity index (χ0n) is 16.4. The van der Waals surface area contributed by atoms with Crippen molar-refractivity contribution < 1.29 is 4.79 Å². The van der Waals surface area contributed by atoms with E-state index in [0.717, 1.165) is 26.8 Å². The first-order chi connectivity index (χ1) is 12.9. The molecule has 0 bridgehead atoms. The van der Waals surface area contributed by atoms with Gasteiger partial charge in [0.05, 0.1) is 10.2 Å². The minimum atomic E-state index is 0.00109. The van der Waals surface area contributed by atoms with Crippen LogP contribution >= 0.6 is 23.1 Å². The van der Waals surface area contributed by atoms with Crippen molar-refractivity contribution >= 4 is 44.4 Å². The number of carbonyl (C=O) groups is 1. The number of likely N-dealkylation sites (N-methyl/N-ethyl adjacent to an activating group) is 1. The van der Waals surface area contributed by atoms with Gasteiger partial charge in [-0.3, -0.25) is 9.69 Å². The summed E-state index contributed by atoms with van der Waals surface area (Å²) >= 11 is 3.22. The molecule has 0 fully saturated rings. The van der Waals surface area contributed by atoms with Gasteiger partial charge in [0.25, 0.3) is 5.91 Å². The van der Waals surface area contributed by atoms with Crippen LogP contribution in [0, 0.1) is 13.8 Å². The smallest absolute Gasteiger partial charge is 0.260 e. The van der Waals surface area contributed by atoms with Gasteiger partial charge < -0.3 is 4.90 Å². The highest BCUT2D eigenvalue weighted by Crippen LogP contribution is 2.32. The highest BCUT2D eigenvalue weighted by molar-refractivity contribution is 7.98. The molecule has 0 aliphatic heterocycles. The number of hydrogen-bond acceptors (Lipinski definition) is 5. The number of rotatable bonds is 6. The van der Waals surface area contributed by atoms with Crippen molar-refractivity contribution in [3.8, 4) is 0 Å². The first-order valence-electron chi connectivity index (χ1n) is 8.88. The average molecular weight is 400 g/mol. The molecule has 0 aliphatic carbocycles. The number of fused-ring (bicyclic) bond motifs is 1. The second-order valence-electron chi connectivity index (χ2n) is 6.84. The Balaban J connectivity index is 2.02. The zero-order chi connectivity index (χ0) is 19.6. The van der Waals surface area contributed by atoms with Crippen LogP contribution in [0.1, 0.15) is 21.5 Å². The van der Waals surface area contributed by atoms with E-state index >= 15 is 0 Å². The maximum absolute atomic E-state index is 13.3. The SMILES string of the molecule is CSc1cccc(C(=O)N(CCN(C)C)c2nc3c(C)c(C)ccc3s2)c1. The molecule has 27 heavy (non-hydrogen) atoms. The molecule has 0 atom stereocenters. The molecule has 4 nitrogen and oxygen atoms in total. The van der Waals surface area contributed by atoms with Crippen molar-refractivity contribution in [3.05, 3.63) is 53.1 Å². The number of carbonyl (C=O) groups excluding carboxylic acids is 1. The van der Waals surface area contributed by atoms with E-state index in [9.17, 15) is 4.79 Å². The lowest BCUT2D eigenvalue weighted by molar-refractivity contribution is 0.0985. The van der Waals surface area contributed by atoms with E-state index in [2.05, 4.69) is 30.9 Å². The summed E-state index contributed by atoms with van der Waals surface area (Å²) in [7, 11) is 4.03. The molecular formula is C21H25N3OS2. The molecule has 0 unspecified atom stereocenters. The van der Waals surface area contributed by atoms with Crippen LogP contribution in [-0.4, -0.2) is 49.2 Å². The lowest BCUT2D eigenvalue weighted by Crippen LogP contribution is -2.36. The van der Waals surface area contributed by atoms with Crippen LogP contribution in [0.15, 0.2) is 41.3 Å². The molecule has 1 amide bonds. The fourth-order valence-corrected chi connectivity index (χ4v) is 4.33.